The highest BCUT2D eigenvalue weighted by Crippen LogP contribution is 2.38. The van der Waals surface area contributed by atoms with Gasteiger partial charge >= 0.3 is 0 Å². The fourth-order valence-electron chi connectivity index (χ4n) is 2.52. The van der Waals surface area contributed by atoms with Gasteiger partial charge in [-0.25, -0.2) is 0 Å². The second-order valence-corrected chi connectivity index (χ2v) is 6.06. The molecule has 2 aromatic rings. The summed E-state index contributed by atoms with van der Waals surface area (Å²) in [5, 5.41) is 9.57. The molecule has 6 heteroatoms. The Hall–Kier alpha value is -2.65. The van der Waals surface area contributed by atoms with E-state index in [0.717, 1.165) is 15.6 Å². The van der Waals surface area contributed by atoms with Crippen molar-refractivity contribution in [1.82, 2.24) is 0 Å². The van der Waals surface area contributed by atoms with Crippen LogP contribution in [0, 0.1) is 11.3 Å². The van der Waals surface area contributed by atoms with E-state index < -0.39 is 0 Å². The van der Waals surface area contributed by atoms with Crippen molar-refractivity contribution in [3.05, 3.63) is 45.9 Å². The summed E-state index contributed by atoms with van der Waals surface area (Å²) in [6, 6.07) is 11.4. The van der Waals surface area contributed by atoms with E-state index in [4.69, 9.17) is 18.9 Å². The number of fused-ring (bicyclic) bond motifs is 1. The first-order chi connectivity index (χ1) is 12.2. The predicted octanol–water partition coefficient (Wildman–Crippen LogP) is 4.65. The van der Waals surface area contributed by atoms with Crippen molar-refractivity contribution in [3.63, 3.8) is 0 Å². The van der Waals surface area contributed by atoms with Crippen molar-refractivity contribution >= 4 is 27.6 Å². The summed E-state index contributed by atoms with van der Waals surface area (Å²) >= 11 is 3.49. The Morgan fingerprint density at radius 3 is 2.80 bits per heavy atom. The molecule has 0 unspecified atom stereocenters. The van der Waals surface area contributed by atoms with Crippen LogP contribution in [0.4, 0.5) is 0 Å². The van der Waals surface area contributed by atoms with Crippen LogP contribution >= 0.6 is 15.9 Å². The normalized spacial score (nSPS) is 12.6. The number of allylic oxidation sites excluding steroid dienone is 1. The molecule has 0 saturated carbocycles. The molecule has 128 valence electrons. The van der Waals surface area contributed by atoms with Gasteiger partial charge in [-0.1, -0.05) is 0 Å². The molecule has 0 amide bonds. The second-order valence-electron chi connectivity index (χ2n) is 5.20. The summed E-state index contributed by atoms with van der Waals surface area (Å²) in [7, 11) is 1.58. The standard InChI is InChI=1S/C19H16BrNO4/c1-3-23-19-15(20)7-12(8-18(19)22-2)6-14(10-21)13-4-5-16-17(9-13)25-11-24-16/h4-9H,3,11H2,1-2H3/b14-6-. The largest absolute Gasteiger partial charge is 0.493 e. The van der Waals surface area contributed by atoms with Gasteiger partial charge in [0.15, 0.2) is 23.0 Å². The number of hydrogen-bond donors (Lipinski definition) is 0. The molecule has 1 aliphatic rings. The maximum Gasteiger partial charge on any atom is 0.231 e. The Morgan fingerprint density at radius 1 is 1.28 bits per heavy atom. The summed E-state index contributed by atoms with van der Waals surface area (Å²) < 4.78 is 22.4. The molecule has 0 N–H and O–H groups in total. The van der Waals surface area contributed by atoms with Crippen LogP contribution in [-0.2, 0) is 0 Å². The number of nitrogens with zero attached hydrogens (tertiary/aromatic N) is 1. The highest BCUT2D eigenvalue weighted by atomic mass is 79.9. The second kappa shape index (κ2) is 7.49. The van der Waals surface area contributed by atoms with Gasteiger partial charge in [0.05, 0.1) is 29.8 Å². The quantitative estimate of drug-likeness (QED) is 0.538. The topological polar surface area (TPSA) is 60.7 Å². The Kier molecular flexibility index (Phi) is 5.15. The number of hydrogen-bond acceptors (Lipinski definition) is 5. The van der Waals surface area contributed by atoms with Crippen molar-refractivity contribution in [2.75, 3.05) is 20.5 Å². The lowest BCUT2D eigenvalue weighted by Crippen LogP contribution is -1.97. The van der Waals surface area contributed by atoms with Crippen LogP contribution in [0.15, 0.2) is 34.8 Å². The van der Waals surface area contributed by atoms with Gasteiger partial charge in [0.1, 0.15) is 0 Å². The van der Waals surface area contributed by atoms with Crippen LogP contribution < -0.4 is 18.9 Å². The maximum atomic E-state index is 9.57. The van der Waals surface area contributed by atoms with Crippen molar-refractivity contribution in [3.8, 4) is 29.1 Å². The summed E-state index contributed by atoms with van der Waals surface area (Å²) in [6.07, 6.45) is 1.79. The molecular formula is C19H16BrNO4. The minimum atomic E-state index is 0.202. The molecule has 0 fully saturated rings. The molecule has 0 aliphatic carbocycles. The van der Waals surface area contributed by atoms with Gasteiger partial charge in [-0.2, -0.15) is 5.26 Å². The molecular weight excluding hydrogens is 386 g/mol. The van der Waals surface area contributed by atoms with Crippen molar-refractivity contribution in [2.45, 2.75) is 6.92 Å². The molecule has 1 aliphatic heterocycles. The molecule has 0 bridgehead atoms. The Labute approximate surface area is 154 Å². The SMILES string of the molecule is CCOc1c(Br)cc(/C=C(/C#N)c2ccc3c(c2)OCO3)cc1OC. The Balaban J connectivity index is 2.00. The Morgan fingerprint density at radius 2 is 2.08 bits per heavy atom. The minimum absolute atomic E-state index is 0.202. The number of nitriles is 1. The van der Waals surface area contributed by atoms with Gasteiger partial charge in [-0.05, 0) is 70.4 Å². The van der Waals surface area contributed by atoms with E-state index >= 15 is 0 Å². The summed E-state index contributed by atoms with van der Waals surface area (Å²) in [5.74, 6) is 2.57. The van der Waals surface area contributed by atoms with Gasteiger partial charge in [-0.3, -0.25) is 0 Å². The smallest absolute Gasteiger partial charge is 0.231 e. The van der Waals surface area contributed by atoms with Gasteiger partial charge in [0.2, 0.25) is 6.79 Å². The third kappa shape index (κ3) is 3.57. The van der Waals surface area contributed by atoms with Crippen molar-refractivity contribution < 1.29 is 18.9 Å². The number of methoxy groups -OCH3 is 1. The van der Waals surface area contributed by atoms with Crippen LogP contribution in [0.5, 0.6) is 23.0 Å². The molecule has 0 spiro atoms. The fourth-order valence-corrected chi connectivity index (χ4v) is 3.09. The van der Waals surface area contributed by atoms with Crippen LogP contribution in [0.25, 0.3) is 11.6 Å². The number of rotatable bonds is 5. The maximum absolute atomic E-state index is 9.57. The molecule has 3 rings (SSSR count). The lowest BCUT2D eigenvalue weighted by atomic mass is 10.0. The summed E-state index contributed by atoms with van der Waals surface area (Å²) in [5.41, 5.74) is 2.09. The Bertz CT molecular complexity index is 870. The van der Waals surface area contributed by atoms with Gasteiger partial charge in [-0.15, -0.1) is 0 Å². The highest BCUT2D eigenvalue weighted by Gasteiger charge is 2.15. The minimum Gasteiger partial charge on any atom is -0.493 e. The first-order valence-electron chi connectivity index (χ1n) is 7.68. The molecule has 2 aromatic carbocycles. The van der Waals surface area contributed by atoms with Gasteiger partial charge in [0, 0.05) is 0 Å². The first-order valence-corrected chi connectivity index (χ1v) is 8.47. The lowest BCUT2D eigenvalue weighted by molar-refractivity contribution is 0.174. The van der Waals surface area contributed by atoms with E-state index in [2.05, 4.69) is 22.0 Å². The molecule has 0 atom stereocenters. The monoisotopic (exact) mass is 401 g/mol. The third-order valence-electron chi connectivity index (χ3n) is 3.66. The van der Waals surface area contributed by atoms with E-state index in [1.807, 2.05) is 25.1 Å². The van der Waals surface area contributed by atoms with E-state index in [-0.39, 0.29) is 6.79 Å². The average Bonchev–Trinajstić information content (AvgIpc) is 3.09. The fraction of sp³-hybridized carbons (Fsp3) is 0.211. The third-order valence-corrected chi connectivity index (χ3v) is 4.24. The molecule has 1 heterocycles. The zero-order valence-electron chi connectivity index (χ0n) is 13.8. The number of ether oxygens (including phenoxy) is 4. The van der Waals surface area contributed by atoms with Crippen molar-refractivity contribution in [1.29, 1.82) is 5.26 Å². The van der Waals surface area contributed by atoms with Crippen molar-refractivity contribution in [2.24, 2.45) is 0 Å². The highest BCUT2D eigenvalue weighted by molar-refractivity contribution is 9.10. The molecule has 0 saturated heterocycles. The van der Waals surface area contributed by atoms with E-state index in [1.54, 1.807) is 25.3 Å². The van der Waals surface area contributed by atoms with Gasteiger partial charge < -0.3 is 18.9 Å². The van der Waals surface area contributed by atoms with Crippen LogP contribution in [0.2, 0.25) is 0 Å². The van der Waals surface area contributed by atoms with Crippen LogP contribution in [0.1, 0.15) is 18.1 Å². The number of benzene rings is 2. The average molecular weight is 402 g/mol. The first kappa shape index (κ1) is 17.2. The van der Waals surface area contributed by atoms with Crippen LogP contribution in [-0.4, -0.2) is 20.5 Å². The predicted molar refractivity (Wildman–Crippen MR) is 97.9 cm³/mol. The summed E-state index contributed by atoms with van der Waals surface area (Å²) in [6.45, 7) is 2.64. The molecule has 0 radical (unpaired) electrons. The number of halogens is 1. The molecule has 5 nitrogen and oxygen atoms in total. The zero-order chi connectivity index (χ0) is 17.8. The van der Waals surface area contributed by atoms with E-state index in [9.17, 15) is 5.26 Å². The van der Waals surface area contributed by atoms with Crippen LogP contribution in [0.3, 0.4) is 0 Å². The van der Waals surface area contributed by atoms with E-state index in [0.29, 0.717) is 35.2 Å². The molecule has 0 aromatic heterocycles. The lowest BCUT2D eigenvalue weighted by Gasteiger charge is -2.12. The van der Waals surface area contributed by atoms with Gasteiger partial charge in [0.25, 0.3) is 0 Å². The van der Waals surface area contributed by atoms with E-state index in [1.165, 1.54) is 0 Å². The molecule has 25 heavy (non-hydrogen) atoms. The summed E-state index contributed by atoms with van der Waals surface area (Å²) in [4.78, 5) is 0. The zero-order valence-corrected chi connectivity index (χ0v) is 15.4.